The van der Waals surface area contributed by atoms with Gasteiger partial charge in [-0.2, -0.15) is 0 Å². The number of ether oxygens (including phenoxy) is 2. The molecule has 0 atom stereocenters. The first-order chi connectivity index (χ1) is 11.5. The van der Waals surface area contributed by atoms with Crippen LogP contribution in [0.15, 0.2) is 48.5 Å². The minimum absolute atomic E-state index is 0.209. The highest BCUT2D eigenvalue weighted by molar-refractivity contribution is 6.30. The van der Waals surface area contributed by atoms with E-state index < -0.39 is 11.8 Å². The molecule has 0 spiro atoms. The molecule has 0 aliphatic heterocycles. The van der Waals surface area contributed by atoms with Crippen LogP contribution in [0.5, 0.6) is 11.5 Å². The first-order valence-corrected chi connectivity index (χ1v) is 7.56. The maximum Gasteiger partial charge on any atom is 0.276 e. The quantitative estimate of drug-likeness (QED) is 0.785. The largest absolute Gasteiger partial charge is 0.484 e. The third kappa shape index (κ3) is 6.18. The van der Waals surface area contributed by atoms with Crippen LogP contribution in [-0.2, 0) is 9.59 Å². The second-order valence-corrected chi connectivity index (χ2v) is 5.38. The van der Waals surface area contributed by atoms with Crippen LogP contribution in [-0.4, -0.2) is 25.0 Å². The van der Waals surface area contributed by atoms with Crippen molar-refractivity contribution in [1.82, 2.24) is 10.9 Å². The van der Waals surface area contributed by atoms with E-state index in [1.54, 1.807) is 30.3 Å². The van der Waals surface area contributed by atoms with Gasteiger partial charge in [-0.25, -0.2) is 0 Å². The van der Waals surface area contributed by atoms with Gasteiger partial charge in [-0.05, 0) is 42.8 Å². The molecule has 0 saturated carbocycles. The molecule has 2 amide bonds. The van der Waals surface area contributed by atoms with Crippen LogP contribution in [0.1, 0.15) is 5.56 Å². The zero-order valence-electron chi connectivity index (χ0n) is 13.0. The van der Waals surface area contributed by atoms with E-state index in [1.165, 1.54) is 0 Å². The molecule has 2 aromatic rings. The van der Waals surface area contributed by atoms with Crippen molar-refractivity contribution in [3.63, 3.8) is 0 Å². The molecule has 24 heavy (non-hydrogen) atoms. The standard InChI is InChI=1S/C17H17ClN2O4/c1-12-4-2-6-14(8-12)23-10-16(21)19-20-17(22)11-24-15-7-3-5-13(18)9-15/h2-9H,10-11H2,1H3,(H,19,21)(H,20,22). The van der Waals surface area contributed by atoms with Gasteiger partial charge in [-0.3, -0.25) is 20.4 Å². The Morgan fingerprint density at radius 3 is 2.00 bits per heavy atom. The Balaban J connectivity index is 1.66. The van der Waals surface area contributed by atoms with Gasteiger partial charge in [-0.1, -0.05) is 29.8 Å². The third-order valence-corrected chi connectivity index (χ3v) is 3.10. The number of nitrogens with one attached hydrogen (secondary N) is 2. The molecular formula is C17H17ClN2O4. The van der Waals surface area contributed by atoms with E-state index in [-0.39, 0.29) is 13.2 Å². The second-order valence-electron chi connectivity index (χ2n) is 4.95. The maximum absolute atomic E-state index is 11.6. The molecule has 2 rings (SSSR count). The van der Waals surface area contributed by atoms with Crippen molar-refractivity contribution >= 4 is 23.4 Å². The summed E-state index contributed by atoms with van der Waals surface area (Å²) in [5.74, 6) is 0.0685. The Morgan fingerprint density at radius 2 is 1.46 bits per heavy atom. The van der Waals surface area contributed by atoms with Gasteiger partial charge in [0.1, 0.15) is 11.5 Å². The Kier molecular flexibility index (Phi) is 6.45. The van der Waals surface area contributed by atoms with Crippen LogP contribution >= 0.6 is 11.6 Å². The Bertz CT molecular complexity index is 660. The molecule has 126 valence electrons. The number of aryl methyl sites for hydroxylation is 1. The highest BCUT2D eigenvalue weighted by Gasteiger charge is 2.07. The number of rotatable bonds is 6. The lowest BCUT2D eigenvalue weighted by molar-refractivity contribution is -0.131. The number of carbonyl (C=O) groups excluding carboxylic acids is 2. The number of amides is 2. The molecule has 0 aliphatic rings. The number of benzene rings is 2. The van der Waals surface area contributed by atoms with Crippen LogP contribution in [0.4, 0.5) is 0 Å². The third-order valence-electron chi connectivity index (χ3n) is 2.87. The van der Waals surface area contributed by atoms with Crippen molar-refractivity contribution in [1.29, 1.82) is 0 Å². The number of hydrogen-bond acceptors (Lipinski definition) is 4. The second kappa shape index (κ2) is 8.79. The summed E-state index contributed by atoms with van der Waals surface area (Å²) in [5, 5.41) is 0.509. The summed E-state index contributed by atoms with van der Waals surface area (Å²) in [4.78, 5) is 23.2. The summed E-state index contributed by atoms with van der Waals surface area (Å²) in [5.41, 5.74) is 5.51. The van der Waals surface area contributed by atoms with Gasteiger partial charge in [0.05, 0.1) is 0 Å². The van der Waals surface area contributed by atoms with Gasteiger partial charge in [0.2, 0.25) is 0 Å². The first-order valence-electron chi connectivity index (χ1n) is 7.18. The molecule has 0 aliphatic carbocycles. The summed E-state index contributed by atoms with van der Waals surface area (Å²) in [6.45, 7) is 1.46. The summed E-state index contributed by atoms with van der Waals surface area (Å²) in [6, 6.07) is 14.0. The van der Waals surface area contributed by atoms with Crippen LogP contribution in [0.3, 0.4) is 0 Å². The minimum atomic E-state index is -0.501. The van der Waals surface area contributed by atoms with Crippen LogP contribution < -0.4 is 20.3 Å². The monoisotopic (exact) mass is 348 g/mol. The highest BCUT2D eigenvalue weighted by atomic mass is 35.5. The molecule has 7 heteroatoms. The van der Waals surface area contributed by atoms with Gasteiger partial charge in [0.15, 0.2) is 13.2 Å². The average molecular weight is 349 g/mol. The van der Waals surface area contributed by atoms with Crippen LogP contribution in [0.25, 0.3) is 0 Å². The topological polar surface area (TPSA) is 76.7 Å². The van der Waals surface area contributed by atoms with E-state index in [9.17, 15) is 9.59 Å². The Morgan fingerprint density at radius 1 is 0.917 bits per heavy atom. The molecule has 6 nitrogen and oxygen atoms in total. The SMILES string of the molecule is Cc1cccc(OCC(=O)NNC(=O)COc2cccc(Cl)c2)c1. The van der Waals surface area contributed by atoms with Crippen molar-refractivity contribution in [2.75, 3.05) is 13.2 Å². The van der Waals surface area contributed by atoms with Crippen molar-refractivity contribution in [2.45, 2.75) is 6.92 Å². The predicted molar refractivity (Wildman–Crippen MR) is 89.9 cm³/mol. The van der Waals surface area contributed by atoms with E-state index in [1.807, 2.05) is 25.1 Å². The fourth-order valence-corrected chi connectivity index (χ4v) is 1.95. The molecule has 0 unspecified atom stereocenters. The normalized spacial score (nSPS) is 9.92. The Labute approximate surface area is 144 Å². The highest BCUT2D eigenvalue weighted by Crippen LogP contribution is 2.16. The van der Waals surface area contributed by atoms with Gasteiger partial charge in [0.25, 0.3) is 11.8 Å². The van der Waals surface area contributed by atoms with Gasteiger partial charge in [-0.15, -0.1) is 0 Å². The van der Waals surface area contributed by atoms with Crippen molar-refractivity contribution in [3.8, 4) is 11.5 Å². The fourth-order valence-electron chi connectivity index (χ4n) is 1.77. The molecule has 2 N–H and O–H groups in total. The van der Waals surface area contributed by atoms with Crippen molar-refractivity contribution in [3.05, 3.63) is 59.1 Å². The maximum atomic E-state index is 11.6. The lowest BCUT2D eigenvalue weighted by Crippen LogP contribution is -2.45. The van der Waals surface area contributed by atoms with Gasteiger partial charge >= 0.3 is 0 Å². The van der Waals surface area contributed by atoms with Crippen LogP contribution in [0, 0.1) is 6.92 Å². The van der Waals surface area contributed by atoms with E-state index in [0.29, 0.717) is 16.5 Å². The molecule has 0 bridgehead atoms. The molecule has 0 radical (unpaired) electrons. The van der Waals surface area contributed by atoms with E-state index in [0.717, 1.165) is 5.56 Å². The van der Waals surface area contributed by atoms with Crippen molar-refractivity contribution < 1.29 is 19.1 Å². The lowest BCUT2D eigenvalue weighted by Gasteiger charge is -2.10. The molecule has 2 aromatic carbocycles. The van der Waals surface area contributed by atoms with Gasteiger partial charge in [0, 0.05) is 5.02 Å². The van der Waals surface area contributed by atoms with E-state index in [4.69, 9.17) is 21.1 Å². The summed E-state index contributed by atoms with van der Waals surface area (Å²) >= 11 is 5.81. The van der Waals surface area contributed by atoms with E-state index in [2.05, 4.69) is 10.9 Å². The first kappa shape index (κ1) is 17.6. The van der Waals surface area contributed by atoms with Gasteiger partial charge < -0.3 is 9.47 Å². The fraction of sp³-hybridized carbons (Fsp3) is 0.176. The molecule has 0 fully saturated rings. The predicted octanol–water partition coefficient (Wildman–Crippen LogP) is 2.25. The molecule has 0 heterocycles. The van der Waals surface area contributed by atoms with E-state index >= 15 is 0 Å². The zero-order valence-corrected chi connectivity index (χ0v) is 13.8. The van der Waals surface area contributed by atoms with Crippen LogP contribution in [0.2, 0.25) is 5.02 Å². The summed E-state index contributed by atoms with van der Waals surface area (Å²) in [7, 11) is 0. The zero-order chi connectivity index (χ0) is 17.4. The van der Waals surface area contributed by atoms with Crippen molar-refractivity contribution in [2.24, 2.45) is 0 Å². The molecule has 0 saturated heterocycles. The summed E-state index contributed by atoms with van der Waals surface area (Å²) < 4.78 is 10.6. The number of hydrazine groups is 1. The number of carbonyl (C=O) groups is 2. The Hall–Kier alpha value is -2.73. The summed E-state index contributed by atoms with van der Waals surface area (Å²) in [6.07, 6.45) is 0. The molecular weight excluding hydrogens is 332 g/mol. The number of halogens is 1. The minimum Gasteiger partial charge on any atom is -0.484 e. The smallest absolute Gasteiger partial charge is 0.276 e. The average Bonchev–Trinajstić information content (AvgIpc) is 2.56. The lowest BCUT2D eigenvalue weighted by atomic mass is 10.2. The number of hydrogen-bond donors (Lipinski definition) is 2. The molecule has 0 aromatic heterocycles.